The fourth-order valence-corrected chi connectivity index (χ4v) is 2.20. The number of rotatable bonds is 8. The quantitative estimate of drug-likeness (QED) is 0.786. The molecule has 0 heterocycles. The van der Waals surface area contributed by atoms with Crippen molar-refractivity contribution in [2.45, 2.75) is 32.4 Å². The van der Waals surface area contributed by atoms with E-state index in [0.29, 0.717) is 0 Å². The molecule has 0 spiro atoms. The Hall–Kier alpha value is -1.26. The van der Waals surface area contributed by atoms with Gasteiger partial charge in [0.2, 0.25) is 0 Å². The zero-order chi connectivity index (χ0) is 14.3. The molecule has 2 atom stereocenters. The summed E-state index contributed by atoms with van der Waals surface area (Å²) in [6.07, 6.45) is 1.03. The Morgan fingerprint density at radius 1 is 1.11 bits per heavy atom. The molecule has 0 aromatic heterocycles. The number of ether oxygens (including phenoxy) is 3. The Morgan fingerprint density at radius 3 is 2.11 bits per heavy atom. The molecule has 1 rings (SSSR count). The van der Waals surface area contributed by atoms with Crippen LogP contribution in [0.3, 0.4) is 0 Å². The predicted octanol–water partition coefficient (Wildman–Crippen LogP) is 2.78. The minimum absolute atomic E-state index is 0.144. The number of hydrogen-bond donors (Lipinski definition) is 1. The highest BCUT2D eigenvalue weighted by Crippen LogP contribution is 2.36. The molecule has 0 saturated carbocycles. The highest BCUT2D eigenvalue weighted by molar-refractivity contribution is 5.47. The van der Waals surface area contributed by atoms with E-state index in [1.54, 1.807) is 21.3 Å². The first kappa shape index (κ1) is 15.8. The summed E-state index contributed by atoms with van der Waals surface area (Å²) in [4.78, 5) is 0. The van der Waals surface area contributed by atoms with Crippen molar-refractivity contribution in [1.29, 1.82) is 0 Å². The van der Waals surface area contributed by atoms with E-state index in [9.17, 15) is 0 Å². The van der Waals surface area contributed by atoms with Crippen molar-refractivity contribution >= 4 is 0 Å². The molecule has 0 bridgehead atoms. The molecule has 4 nitrogen and oxygen atoms in total. The molecule has 0 fully saturated rings. The van der Waals surface area contributed by atoms with E-state index >= 15 is 0 Å². The van der Waals surface area contributed by atoms with Gasteiger partial charge < -0.3 is 19.5 Å². The highest BCUT2D eigenvalue weighted by Gasteiger charge is 2.22. The minimum Gasteiger partial charge on any atom is -0.496 e. The zero-order valence-electron chi connectivity index (χ0n) is 12.5. The second-order valence-electron chi connectivity index (χ2n) is 4.47. The number of benzene rings is 1. The van der Waals surface area contributed by atoms with Crippen molar-refractivity contribution in [3.8, 4) is 11.5 Å². The average molecular weight is 267 g/mol. The summed E-state index contributed by atoms with van der Waals surface area (Å²) in [6.45, 7) is 5.03. The van der Waals surface area contributed by atoms with Crippen LogP contribution in [-0.4, -0.2) is 34.0 Å². The molecule has 0 aliphatic heterocycles. The summed E-state index contributed by atoms with van der Waals surface area (Å²) in [5.41, 5.74) is 1.05. The molecule has 4 heteroatoms. The molecule has 0 aliphatic carbocycles. The fraction of sp³-hybridized carbons (Fsp3) is 0.600. The third-order valence-corrected chi connectivity index (χ3v) is 3.23. The van der Waals surface area contributed by atoms with Gasteiger partial charge in [0.25, 0.3) is 0 Å². The summed E-state index contributed by atoms with van der Waals surface area (Å²) in [5.74, 6) is 1.68. The Balaban J connectivity index is 3.12. The van der Waals surface area contributed by atoms with Crippen LogP contribution in [0.1, 0.15) is 31.9 Å². The Morgan fingerprint density at radius 2 is 1.68 bits per heavy atom. The molecule has 108 valence electrons. The van der Waals surface area contributed by atoms with E-state index in [1.165, 1.54) is 0 Å². The van der Waals surface area contributed by atoms with Crippen LogP contribution < -0.4 is 14.8 Å². The third-order valence-electron chi connectivity index (χ3n) is 3.23. The maximum Gasteiger partial charge on any atom is 0.127 e. The smallest absolute Gasteiger partial charge is 0.127 e. The van der Waals surface area contributed by atoms with Crippen molar-refractivity contribution in [3.63, 3.8) is 0 Å². The van der Waals surface area contributed by atoms with Gasteiger partial charge in [0.05, 0.1) is 25.9 Å². The Bertz CT molecular complexity index is 359. The van der Waals surface area contributed by atoms with E-state index in [1.807, 2.05) is 18.2 Å². The zero-order valence-corrected chi connectivity index (χ0v) is 12.5. The lowest BCUT2D eigenvalue weighted by atomic mass is 9.98. The van der Waals surface area contributed by atoms with Crippen molar-refractivity contribution in [3.05, 3.63) is 23.8 Å². The first-order chi connectivity index (χ1) is 9.17. The predicted molar refractivity (Wildman–Crippen MR) is 77.1 cm³/mol. The number of hydrogen-bond acceptors (Lipinski definition) is 4. The highest BCUT2D eigenvalue weighted by atomic mass is 16.5. The van der Waals surface area contributed by atoms with Gasteiger partial charge in [-0.1, -0.05) is 13.0 Å². The van der Waals surface area contributed by atoms with Crippen LogP contribution in [0, 0.1) is 0 Å². The molecule has 0 radical (unpaired) electrons. The van der Waals surface area contributed by atoms with Gasteiger partial charge in [-0.2, -0.15) is 0 Å². The van der Waals surface area contributed by atoms with Crippen molar-refractivity contribution in [2.75, 3.05) is 27.9 Å². The van der Waals surface area contributed by atoms with Crippen LogP contribution in [0.15, 0.2) is 18.2 Å². The third kappa shape index (κ3) is 4.11. The van der Waals surface area contributed by atoms with Crippen LogP contribution >= 0.6 is 0 Å². The lowest BCUT2D eigenvalue weighted by Crippen LogP contribution is -2.26. The Kier molecular flexibility index (Phi) is 6.67. The van der Waals surface area contributed by atoms with E-state index in [-0.39, 0.29) is 12.1 Å². The molecule has 1 aromatic rings. The van der Waals surface area contributed by atoms with E-state index < -0.39 is 0 Å². The van der Waals surface area contributed by atoms with Gasteiger partial charge in [0, 0.05) is 13.2 Å². The fourth-order valence-electron chi connectivity index (χ4n) is 2.20. The second kappa shape index (κ2) is 8.02. The monoisotopic (exact) mass is 267 g/mol. The molecule has 0 amide bonds. The lowest BCUT2D eigenvalue weighted by Gasteiger charge is -2.25. The standard InChI is InChI=1S/C15H25NO3/c1-6-16-12(10-11(2)17-3)15-13(18-4)8-7-9-14(15)19-5/h7-9,11-12,16H,6,10H2,1-5H3. The van der Waals surface area contributed by atoms with E-state index in [4.69, 9.17) is 14.2 Å². The summed E-state index contributed by atoms with van der Waals surface area (Å²) < 4.78 is 16.3. The molecular formula is C15H25NO3. The molecular weight excluding hydrogens is 242 g/mol. The molecule has 1 aromatic carbocycles. The molecule has 0 aliphatic rings. The second-order valence-corrected chi connectivity index (χ2v) is 4.47. The van der Waals surface area contributed by atoms with Gasteiger partial charge in [0.15, 0.2) is 0 Å². The van der Waals surface area contributed by atoms with Crippen molar-refractivity contribution in [2.24, 2.45) is 0 Å². The lowest BCUT2D eigenvalue weighted by molar-refractivity contribution is 0.0999. The van der Waals surface area contributed by atoms with Gasteiger partial charge in [0.1, 0.15) is 11.5 Å². The minimum atomic E-state index is 0.144. The van der Waals surface area contributed by atoms with Crippen LogP contribution in [0.5, 0.6) is 11.5 Å². The van der Waals surface area contributed by atoms with Crippen molar-refractivity contribution < 1.29 is 14.2 Å². The first-order valence-corrected chi connectivity index (χ1v) is 6.64. The maximum absolute atomic E-state index is 5.47. The normalized spacial score (nSPS) is 13.9. The van der Waals surface area contributed by atoms with Gasteiger partial charge in [-0.15, -0.1) is 0 Å². The number of methoxy groups -OCH3 is 3. The first-order valence-electron chi connectivity index (χ1n) is 6.64. The van der Waals surface area contributed by atoms with Crippen LogP contribution in [0.2, 0.25) is 0 Å². The Labute approximate surface area is 116 Å². The van der Waals surface area contributed by atoms with Gasteiger partial charge in [-0.05, 0) is 32.0 Å². The topological polar surface area (TPSA) is 39.7 Å². The van der Waals surface area contributed by atoms with Gasteiger partial charge in [-0.25, -0.2) is 0 Å². The summed E-state index contributed by atoms with van der Waals surface area (Å²) in [5, 5.41) is 3.47. The van der Waals surface area contributed by atoms with E-state index in [2.05, 4.69) is 19.2 Å². The van der Waals surface area contributed by atoms with Crippen LogP contribution in [-0.2, 0) is 4.74 Å². The van der Waals surface area contributed by atoms with Crippen LogP contribution in [0.4, 0.5) is 0 Å². The van der Waals surface area contributed by atoms with Gasteiger partial charge in [-0.3, -0.25) is 0 Å². The molecule has 0 saturated heterocycles. The molecule has 19 heavy (non-hydrogen) atoms. The van der Waals surface area contributed by atoms with Crippen LogP contribution in [0.25, 0.3) is 0 Å². The van der Waals surface area contributed by atoms with Crippen molar-refractivity contribution in [1.82, 2.24) is 5.32 Å². The largest absolute Gasteiger partial charge is 0.496 e. The van der Waals surface area contributed by atoms with Gasteiger partial charge >= 0.3 is 0 Å². The average Bonchev–Trinajstić information content (AvgIpc) is 2.45. The molecule has 2 unspecified atom stereocenters. The molecule has 1 N–H and O–H groups in total. The number of nitrogens with one attached hydrogen (secondary N) is 1. The SMILES string of the molecule is CCNC(CC(C)OC)c1c(OC)cccc1OC. The van der Waals surface area contributed by atoms with E-state index in [0.717, 1.165) is 30.0 Å². The summed E-state index contributed by atoms with van der Waals surface area (Å²) in [7, 11) is 5.09. The summed E-state index contributed by atoms with van der Waals surface area (Å²) >= 11 is 0. The maximum atomic E-state index is 5.47. The summed E-state index contributed by atoms with van der Waals surface area (Å²) in [6, 6.07) is 5.99.